The van der Waals surface area contributed by atoms with Gasteiger partial charge in [-0.2, -0.15) is 5.10 Å². The zero-order chi connectivity index (χ0) is 15.5. The van der Waals surface area contributed by atoms with Crippen molar-refractivity contribution in [2.75, 3.05) is 11.9 Å². The standard InChI is InChI=1S/C15H15N5O2/c1-10-4-2-3-5-12(10)20-15-11(8-19-20)14(17-9-18-15)16-7-6-13(21)22/h2-5,8-9H,6-7H2,1H3,(H,21,22)(H,16,17,18). The molecule has 0 aliphatic rings. The number of nitrogens with zero attached hydrogens (tertiary/aromatic N) is 4. The topological polar surface area (TPSA) is 92.9 Å². The molecule has 22 heavy (non-hydrogen) atoms. The molecule has 3 aromatic rings. The minimum Gasteiger partial charge on any atom is -0.481 e. The van der Waals surface area contributed by atoms with Crippen molar-refractivity contribution in [3.8, 4) is 5.69 Å². The van der Waals surface area contributed by atoms with Crippen LogP contribution in [-0.2, 0) is 4.79 Å². The first-order chi connectivity index (χ1) is 10.7. The number of aliphatic carboxylic acids is 1. The van der Waals surface area contributed by atoms with Crippen molar-refractivity contribution in [3.05, 3.63) is 42.4 Å². The minimum atomic E-state index is -0.853. The number of fused-ring (bicyclic) bond motifs is 1. The highest BCUT2D eigenvalue weighted by Gasteiger charge is 2.12. The number of anilines is 1. The maximum Gasteiger partial charge on any atom is 0.305 e. The van der Waals surface area contributed by atoms with Crippen LogP contribution in [0.25, 0.3) is 16.7 Å². The molecule has 0 radical (unpaired) electrons. The Kier molecular flexibility index (Phi) is 3.69. The van der Waals surface area contributed by atoms with Gasteiger partial charge in [-0.3, -0.25) is 4.79 Å². The molecule has 2 N–H and O–H groups in total. The van der Waals surface area contributed by atoms with Crippen LogP contribution < -0.4 is 5.32 Å². The third kappa shape index (κ3) is 2.60. The Balaban J connectivity index is 1.99. The molecular formula is C15H15N5O2. The zero-order valence-electron chi connectivity index (χ0n) is 12.0. The van der Waals surface area contributed by atoms with E-state index in [4.69, 9.17) is 5.11 Å². The third-order valence-corrected chi connectivity index (χ3v) is 3.34. The van der Waals surface area contributed by atoms with E-state index in [1.165, 1.54) is 6.33 Å². The Morgan fingerprint density at radius 3 is 2.91 bits per heavy atom. The highest BCUT2D eigenvalue weighted by molar-refractivity contribution is 5.87. The normalized spacial score (nSPS) is 10.8. The largest absolute Gasteiger partial charge is 0.481 e. The molecule has 3 rings (SSSR count). The summed E-state index contributed by atoms with van der Waals surface area (Å²) in [6, 6.07) is 7.90. The van der Waals surface area contributed by atoms with Crippen molar-refractivity contribution >= 4 is 22.8 Å². The first-order valence-electron chi connectivity index (χ1n) is 6.87. The Hall–Kier alpha value is -2.96. The van der Waals surface area contributed by atoms with E-state index in [-0.39, 0.29) is 6.42 Å². The predicted octanol–water partition coefficient (Wildman–Crippen LogP) is 2.01. The molecule has 0 aliphatic carbocycles. The van der Waals surface area contributed by atoms with Crippen molar-refractivity contribution in [2.24, 2.45) is 0 Å². The van der Waals surface area contributed by atoms with Crippen molar-refractivity contribution < 1.29 is 9.90 Å². The van der Waals surface area contributed by atoms with Crippen molar-refractivity contribution in [2.45, 2.75) is 13.3 Å². The molecule has 0 saturated carbocycles. The van der Waals surface area contributed by atoms with Gasteiger partial charge in [0.25, 0.3) is 0 Å². The predicted molar refractivity (Wildman–Crippen MR) is 82.1 cm³/mol. The maximum atomic E-state index is 10.6. The summed E-state index contributed by atoms with van der Waals surface area (Å²) in [5.41, 5.74) is 2.72. The molecule has 7 heteroatoms. The molecule has 0 spiro atoms. The summed E-state index contributed by atoms with van der Waals surface area (Å²) in [7, 11) is 0. The summed E-state index contributed by atoms with van der Waals surface area (Å²) in [6.45, 7) is 2.31. The lowest BCUT2D eigenvalue weighted by Crippen LogP contribution is -2.09. The number of carbonyl (C=O) groups is 1. The second-order valence-corrected chi connectivity index (χ2v) is 4.87. The zero-order valence-corrected chi connectivity index (χ0v) is 12.0. The van der Waals surface area contributed by atoms with E-state index in [2.05, 4.69) is 20.4 Å². The highest BCUT2D eigenvalue weighted by atomic mass is 16.4. The second kappa shape index (κ2) is 5.80. The molecule has 0 amide bonds. The van der Waals surface area contributed by atoms with Gasteiger partial charge in [0.05, 0.1) is 23.7 Å². The first kappa shape index (κ1) is 14.0. The summed E-state index contributed by atoms with van der Waals surface area (Å²) >= 11 is 0. The van der Waals surface area contributed by atoms with Gasteiger partial charge in [-0.05, 0) is 18.6 Å². The van der Waals surface area contributed by atoms with E-state index in [9.17, 15) is 4.79 Å². The molecule has 2 heterocycles. The minimum absolute atomic E-state index is 0.0252. The van der Waals surface area contributed by atoms with Crippen LogP contribution in [0.1, 0.15) is 12.0 Å². The Morgan fingerprint density at radius 1 is 1.32 bits per heavy atom. The number of carboxylic acids is 1. The molecular weight excluding hydrogens is 282 g/mol. The summed E-state index contributed by atoms with van der Waals surface area (Å²) < 4.78 is 1.76. The number of para-hydroxylation sites is 1. The van der Waals surface area contributed by atoms with Crippen molar-refractivity contribution in [3.63, 3.8) is 0 Å². The Bertz CT molecular complexity index is 828. The Labute approximate surface area is 126 Å². The van der Waals surface area contributed by atoms with E-state index in [1.54, 1.807) is 10.9 Å². The Morgan fingerprint density at radius 2 is 2.14 bits per heavy atom. The van der Waals surface area contributed by atoms with Gasteiger partial charge in [0.15, 0.2) is 5.65 Å². The van der Waals surface area contributed by atoms with Crippen LogP contribution in [-0.4, -0.2) is 37.4 Å². The van der Waals surface area contributed by atoms with Crippen molar-refractivity contribution in [1.29, 1.82) is 0 Å². The molecule has 112 valence electrons. The maximum absolute atomic E-state index is 10.6. The fourth-order valence-electron chi connectivity index (χ4n) is 2.25. The average Bonchev–Trinajstić information content (AvgIpc) is 2.92. The van der Waals surface area contributed by atoms with Gasteiger partial charge in [0, 0.05) is 6.54 Å². The number of rotatable bonds is 5. The van der Waals surface area contributed by atoms with Gasteiger partial charge in [0.1, 0.15) is 12.1 Å². The fraction of sp³-hybridized carbons (Fsp3) is 0.200. The fourth-order valence-corrected chi connectivity index (χ4v) is 2.25. The molecule has 0 bridgehead atoms. The quantitative estimate of drug-likeness (QED) is 0.748. The van der Waals surface area contributed by atoms with Crippen LogP contribution in [0, 0.1) is 6.92 Å². The average molecular weight is 297 g/mol. The van der Waals surface area contributed by atoms with Crippen LogP contribution in [0.4, 0.5) is 5.82 Å². The highest BCUT2D eigenvalue weighted by Crippen LogP contribution is 2.22. The van der Waals surface area contributed by atoms with Gasteiger partial charge in [-0.25, -0.2) is 14.6 Å². The number of nitrogens with one attached hydrogen (secondary N) is 1. The van der Waals surface area contributed by atoms with Gasteiger partial charge >= 0.3 is 5.97 Å². The molecule has 2 aromatic heterocycles. The SMILES string of the molecule is Cc1ccccc1-n1ncc2c(NCCC(=O)O)ncnc21. The van der Waals surface area contributed by atoms with E-state index in [0.29, 0.717) is 18.0 Å². The number of carboxylic acid groups (broad SMARTS) is 1. The van der Waals surface area contributed by atoms with E-state index < -0.39 is 5.97 Å². The van der Waals surface area contributed by atoms with Crippen LogP contribution in [0.2, 0.25) is 0 Å². The summed E-state index contributed by atoms with van der Waals surface area (Å²) in [4.78, 5) is 19.1. The van der Waals surface area contributed by atoms with E-state index in [1.807, 2.05) is 31.2 Å². The molecule has 0 atom stereocenters. The second-order valence-electron chi connectivity index (χ2n) is 4.87. The summed E-state index contributed by atoms with van der Waals surface area (Å²) in [5, 5.41) is 16.9. The van der Waals surface area contributed by atoms with Gasteiger partial charge in [-0.15, -0.1) is 0 Å². The molecule has 1 aromatic carbocycles. The number of benzene rings is 1. The smallest absolute Gasteiger partial charge is 0.305 e. The monoisotopic (exact) mass is 297 g/mol. The molecule has 0 aliphatic heterocycles. The number of aryl methyl sites for hydroxylation is 1. The first-order valence-corrected chi connectivity index (χ1v) is 6.87. The van der Waals surface area contributed by atoms with E-state index >= 15 is 0 Å². The van der Waals surface area contributed by atoms with Gasteiger partial charge in [0.2, 0.25) is 0 Å². The lowest BCUT2D eigenvalue weighted by Gasteiger charge is -2.07. The summed E-state index contributed by atoms with van der Waals surface area (Å²) in [6.07, 6.45) is 3.16. The number of aromatic nitrogens is 4. The molecule has 0 saturated heterocycles. The van der Waals surface area contributed by atoms with Crippen LogP contribution in [0.3, 0.4) is 0 Å². The van der Waals surface area contributed by atoms with Crippen LogP contribution in [0.15, 0.2) is 36.8 Å². The number of hydrogen-bond acceptors (Lipinski definition) is 5. The lowest BCUT2D eigenvalue weighted by molar-refractivity contribution is -0.136. The number of hydrogen-bond donors (Lipinski definition) is 2. The van der Waals surface area contributed by atoms with Crippen LogP contribution >= 0.6 is 0 Å². The van der Waals surface area contributed by atoms with Gasteiger partial charge < -0.3 is 10.4 Å². The molecule has 0 unspecified atom stereocenters. The van der Waals surface area contributed by atoms with Gasteiger partial charge in [-0.1, -0.05) is 18.2 Å². The lowest BCUT2D eigenvalue weighted by atomic mass is 10.2. The third-order valence-electron chi connectivity index (χ3n) is 3.34. The molecule has 0 fully saturated rings. The summed E-state index contributed by atoms with van der Waals surface area (Å²) in [5.74, 6) is -0.264. The van der Waals surface area contributed by atoms with E-state index in [0.717, 1.165) is 16.6 Å². The molecule has 7 nitrogen and oxygen atoms in total. The van der Waals surface area contributed by atoms with Crippen LogP contribution in [0.5, 0.6) is 0 Å². The van der Waals surface area contributed by atoms with Crippen molar-refractivity contribution in [1.82, 2.24) is 19.7 Å².